The van der Waals surface area contributed by atoms with Crippen LogP contribution in [0.15, 0.2) is 18.5 Å². The number of carbonyl (C=O) groups is 1. The first-order valence-electron chi connectivity index (χ1n) is 8.83. The molecule has 6 heteroatoms. The maximum Gasteiger partial charge on any atom is 0.226 e. The van der Waals surface area contributed by atoms with Crippen molar-refractivity contribution in [2.45, 2.75) is 45.1 Å². The molecule has 0 N–H and O–H groups in total. The maximum atomic E-state index is 12.9. The van der Waals surface area contributed by atoms with Gasteiger partial charge in [-0.25, -0.2) is 0 Å². The van der Waals surface area contributed by atoms with Gasteiger partial charge in [-0.15, -0.1) is 0 Å². The number of aromatic nitrogens is 4. The molecule has 128 valence electrons. The standard InChI is InChI=1S/C18H25N5O/c1-12-7-13(2)23(20-12)15-5-4-6-22(11-15)18(24)17-8-16(17)14-9-19-21(3)10-14/h7,9-10,15-17H,4-6,8,11H2,1-3H3/t15-,16-,17-/m1/s1. The van der Waals surface area contributed by atoms with Gasteiger partial charge in [0.05, 0.1) is 17.9 Å². The lowest BCUT2D eigenvalue weighted by atomic mass is 10.0. The smallest absolute Gasteiger partial charge is 0.226 e. The van der Waals surface area contributed by atoms with Crippen LogP contribution in [0.4, 0.5) is 0 Å². The van der Waals surface area contributed by atoms with Crippen LogP contribution in [0.1, 0.15) is 48.2 Å². The summed E-state index contributed by atoms with van der Waals surface area (Å²) in [5.41, 5.74) is 3.43. The normalized spacial score (nSPS) is 26.6. The van der Waals surface area contributed by atoms with Crippen molar-refractivity contribution in [3.8, 4) is 0 Å². The number of rotatable bonds is 3. The van der Waals surface area contributed by atoms with Crippen LogP contribution >= 0.6 is 0 Å². The van der Waals surface area contributed by atoms with Crippen molar-refractivity contribution in [1.82, 2.24) is 24.5 Å². The van der Waals surface area contributed by atoms with E-state index in [-0.39, 0.29) is 5.92 Å². The van der Waals surface area contributed by atoms with E-state index in [9.17, 15) is 4.79 Å². The van der Waals surface area contributed by atoms with Gasteiger partial charge in [-0.2, -0.15) is 10.2 Å². The molecule has 2 aromatic heterocycles. The minimum Gasteiger partial charge on any atom is -0.340 e. The largest absolute Gasteiger partial charge is 0.340 e. The van der Waals surface area contributed by atoms with Gasteiger partial charge in [0, 0.05) is 37.9 Å². The zero-order valence-electron chi connectivity index (χ0n) is 14.6. The molecule has 2 aliphatic rings. The molecule has 0 unspecified atom stereocenters. The van der Waals surface area contributed by atoms with Crippen molar-refractivity contribution in [1.29, 1.82) is 0 Å². The van der Waals surface area contributed by atoms with E-state index in [1.54, 1.807) is 0 Å². The average molecular weight is 327 g/mol. The summed E-state index contributed by atoms with van der Waals surface area (Å²) in [6.45, 7) is 5.79. The Hall–Kier alpha value is -2.11. The van der Waals surface area contributed by atoms with E-state index >= 15 is 0 Å². The molecule has 2 aromatic rings. The van der Waals surface area contributed by atoms with Crippen LogP contribution in [-0.2, 0) is 11.8 Å². The van der Waals surface area contributed by atoms with Gasteiger partial charge in [0.25, 0.3) is 0 Å². The highest BCUT2D eigenvalue weighted by Crippen LogP contribution is 2.48. The first-order chi connectivity index (χ1) is 11.5. The summed E-state index contributed by atoms with van der Waals surface area (Å²) in [5.74, 6) is 0.823. The first kappa shape index (κ1) is 15.4. The molecule has 1 saturated carbocycles. The summed E-state index contributed by atoms with van der Waals surface area (Å²) in [7, 11) is 1.92. The van der Waals surface area contributed by atoms with Gasteiger partial charge in [0.1, 0.15) is 0 Å². The monoisotopic (exact) mass is 327 g/mol. The van der Waals surface area contributed by atoms with Crippen LogP contribution < -0.4 is 0 Å². The minimum atomic E-state index is 0.147. The quantitative estimate of drug-likeness (QED) is 0.868. The van der Waals surface area contributed by atoms with Gasteiger partial charge in [0.15, 0.2) is 0 Å². The Morgan fingerprint density at radius 2 is 2.17 bits per heavy atom. The lowest BCUT2D eigenvalue weighted by Gasteiger charge is -2.33. The highest BCUT2D eigenvalue weighted by molar-refractivity contribution is 5.83. The second-order valence-corrected chi connectivity index (χ2v) is 7.35. The van der Waals surface area contributed by atoms with E-state index in [2.05, 4.69) is 32.8 Å². The fourth-order valence-electron chi connectivity index (χ4n) is 4.07. The van der Waals surface area contributed by atoms with Crippen molar-refractivity contribution in [2.24, 2.45) is 13.0 Å². The van der Waals surface area contributed by atoms with Crippen LogP contribution in [0.2, 0.25) is 0 Å². The van der Waals surface area contributed by atoms with Crippen molar-refractivity contribution < 1.29 is 4.79 Å². The topological polar surface area (TPSA) is 56.0 Å². The Morgan fingerprint density at radius 3 is 2.83 bits per heavy atom. The number of piperidine rings is 1. The van der Waals surface area contributed by atoms with Crippen LogP contribution in [0.5, 0.6) is 0 Å². The molecule has 1 aliphatic carbocycles. The van der Waals surface area contributed by atoms with Crippen LogP contribution in [0, 0.1) is 19.8 Å². The Labute approximate surface area is 142 Å². The van der Waals surface area contributed by atoms with E-state index in [0.717, 1.165) is 38.0 Å². The summed E-state index contributed by atoms with van der Waals surface area (Å²) in [4.78, 5) is 14.9. The molecule has 6 nitrogen and oxygen atoms in total. The molecule has 2 fully saturated rings. The average Bonchev–Trinajstić information content (AvgIpc) is 3.13. The van der Waals surface area contributed by atoms with Crippen molar-refractivity contribution >= 4 is 5.91 Å². The van der Waals surface area contributed by atoms with Crippen molar-refractivity contribution in [2.75, 3.05) is 13.1 Å². The lowest BCUT2D eigenvalue weighted by Crippen LogP contribution is -2.42. The predicted molar refractivity (Wildman–Crippen MR) is 90.6 cm³/mol. The van der Waals surface area contributed by atoms with Crippen LogP contribution in [-0.4, -0.2) is 43.5 Å². The van der Waals surface area contributed by atoms with E-state index in [1.807, 2.05) is 31.0 Å². The van der Waals surface area contributed by atoms with E-state index in [4.69, 9.17) is 0 Å². The molecule has 0 bridgehead atoms. The summed E-state index contributed by atoms with van der Waals surface area (Å²) in [6, 6.07) is 2.42. The molecule has 1 aliphatic heterocycles. The van der Waals surface area contributed by atoms with Crippen LogP contribution in [0.25, 0.3) is 0 Å². The molecule has 24 heavy (non-hydrogen) atoms. The summed E-state index contributed by atoms with van der Waals surface area (Å²) in [6.07, 6.45) is 7.05. The Morgan fingerprint density at radius 1 is 1.33 bits per heavy atom. The third kappa shape index (κ3) is 2.74. The summed E-state index contributed by atoms with van der Waals surface area (Å²) >= 11 is 0. The molecule has 0 radical (unpaired) electrons. The SMILES string of the molecule is Cc1cc(C)n([C@@H]2CCCN(C(=O)[C@@H]3C[C@@H]3c3cnn(C)c3)C2)n1. The molecular formula is C18H25N5O. The third-order valence-electron chi connectivity index (χ3n) is 5.36. The van der Waals surface area contributed by atoms with Gasteiger partial charge in [-0.1, -0.05) is 0 Å². The second-order valence-electron chi connectivity index (χ2n) is 7.35. The number of hydrogen-bond donors (Lipinski definition) is 0. The molecule has 0 aromatic carbocycles. The number of nitrogens with zero attached hydrogens (tertiary/aromatic N) is 5. The third-order valence-corrected chi connectivity index (χ3v) is 5.36. The second kappa shape index (κ2) is 5.76. The van der Waals surface area contributed by atoms with Gasteiger partial charge in [-0.05, 0) is 50.7 Å². The Bertz CT molecular complexity index is 761. The fraction of sp³-hybridized carbons (Fsp3) is 0.611. The number of hydrogen-bond acceptors (Lipinski definition) is 3. The zero-order valence-corrected chi connectivity index (χ0v) is 14.6. The van der Waals surface area contributed by atoms with E-state index in [1.165, 1.54) is 11.3 Å². The summed E-state index contributed by atoms with van der Waals surface area (Å²) < 4.78 is 3.93. The van der Waals surface area contributed by atoms with Crippen molar-refractivity contribution in [3.05, 3.63) is 35.4 Å². The van der Waals surface area contributed by atoms with Gasteiger partial charge >= 0.3 is 0 Å². The molecule has 3 atom stereocenters. The minimum absolute atomic E-state index is 0.147. The van der Waals surface area contributed by atoms with E-state index in [0.29, 0.717) is 17.9 Å². The van der Waals surface area contributed by atoms with E-state index < -0.39 is 0 Å². The molecule has 3 heterocycles. The molecule has 0 spiro atoms. The number of carbonyl (C=O) groups excluding carboxylic acids is 1. The highest BCUT2D eigenvalue weighted by atomic mass is 16.2. The number of aryl methyl sites for hydroxylation is 3. The van der Waals surface area contributed by atoms with Gasteiger partial charge in [0.2, 0.25) is 5.91 Å². The Kier molecular flexibility index (Phi) is 3.70. The van der Waals surface area contributed by atoms with Crippen LogP contribution in [0.3, 0.4) is 0 Å². The molecule has 1 saturated heterocycles. The van der Waals surface area contributed by atoms with Crippen molar-refractivity contribution in [3.63, 3.8) is 0 Å². The highest BCUT2D eigenvalue weighted by Gasteiger charge is 2.47. The molecule has 1 amide bonds. The molecular weight excluding hydrogens is 302 g/mol. The lowest BCUT2D eigenvalue weighted by molar-refractivity contribution is -0.134. The van der Waals surface area contributed by atoms with Gasteiger partial charge in [-0.3, -0.25) is 14.2 Å². The Balaban J connectivity index is 1.43. The molecule has 4 rings (SSSR count). The number of likely N-dealkylation sites (tertiary alicyclic amines) is 1. The first-order valence-corrected chi connectivity index (χ1v) is 8.83. The fourth-order valence-corrected chi connectivity index (χ4v) is 4.07. The zero-order chi connectivity index (χ0) is 16.8. The number of amides is 1. The maximum absolute atomic E-state index is 12.9. The predicted octanol–water partition coefficient (Wildman–Crippen LogP) is 2.20. The summed E-state index contributed by atoms with van der Waals surface area (Å²) in [5, 5.41) is 8.85. The van der Waals surface area contributed by atoms with Gasteiger partial charge < -0.3 is 4.90 Å².